The van der Waals surface area contributed by atoms with E-state index in [1.54, 1.807) is 23.4 Å². The van der Waals surface area contributed by atoms with Crippen LogP contribution in [0, 0.1) is 0 Å². The van der Waals surface area contributed by atoms with Gasteiger partial charge in [0.1, 0.15) is 6.67 Å². The third-order valence-electron chi connectivity index (χ3n) is 3.93. The van der Waals surface area contributed by atoms with Gasteiger partial charge in [0, 0.05) is 24.1 Å². The highest BCUT2D eigenvalue weighted by Crippen LogP contribution is 2.32. The van der Waals surface area contributed by atoms with Crippen LogP contribution in [0.1, 0.15) is 24.8 Å². The van der Waals surface area contributed by atoms with Gasteiger partial charge >= 0.3 is 12.2 Å². The fraction of sp³-hybridized carbons (Fsp3) is 0.400. The van der Waals surface area contributed by atoms with E-state index >= 15 is 0 Å². The Morgan fingerprint density at radius 1 is 1.23 bits per heavy atom. The number of urea groups is 1. The van der Waals surface area contributed by atoms with Crippen molar-refractivity contribution < 1.29 is 18.0 Å². The molecule has 22 heavy (non-hydrogen) atoms. The van der Waals surface area contributed by atoms with Crippen molar-refractivity contribution in [1.29, 1.82) is 0 Å². The van der Waals surface area contributed by atoms with Crippen molar-refractivity contribution in [3.63, 3.8) is 0 Å². The minimum absolute atomic E-state index is 0.208. The summed E-state index contributed by atoms with van der Waals surface area (Å²) in [7, 11) is 0. The molecule has 3 rings (SSSR count). The maximum Gasteiger partial charge on any atom is 0.416 e. The first kappa shape index (κ1) is 14.7. The van der Waals surface area contributed by atoms with Crippen LogP contribution >= 0.6 is 0 Å². The zero-order valence-electron chi connectivity index (χ0n) is 11.8. The average molecular weight is 311 g/mol. The van der Waals surface area contributed by atoms with Gasteiger partial charge in [-0.15, -0.1) is 0 Å². The summed E-state index contributed by atoms with van der Waals surface area (Å²) in [5.41, 5.74) is -0.291. The van der Waals surface area contributed by atoms with Crippen molar-refractivity contribution in [3.05, 3.63) is 42.2 Å². The van der Waals surface area contributed by atoms with Gasteiger partial charge in [0.05, 0.1) is 5.56 Å². The van der Waals surface area contributed by atoms with Crippen LogP contribution in [0.15, 0.2) is 36.7 Å². The minimum atomic E-state index is -4.37. The highest BCUT2D eigenvalue weighted by Gasteiger charge is 2.31. The summed E-state index contributed by atoms with van der Waals surface area (Å²) >= 11 is 0. The first-order valence-electron chi connectivity index (χ1n) is 7.13. The van der Waals surface area contributed by atoms with E-state index in [1.807, 2.05) is 0 Å². The minimum Gasteiger partial charge on any atom is -0.335 e. The van der Waals surface area contributed by atoms with Crippen molar-refractivity contribution in [2.75, 3.05) is 11.6 Å². The van der Waals surface area contributed by atoms with E-state index in [9.17, 15) is 18.0 Å². The lowest BCUT2D eigenvalue weighted by molar-refractivity contribution is -0.137. The third kappa shape index (κ3) is 3.03. The van der Waals surface area contributed by atoms with E-state index in [0.29, 0.717) is 5.69 Å². The summed E-state index contributed by atoms with van der Waals surface area (Å²) < 4.78 is 38.2. The Bertz CT molecular complexity index is 596. The van der Waals surface area contributed by atoms with Crippen molar-refractivity contribution in [2.45, 2.75) is 31.5 Å². The normalized spacial score (nSPS) is 18.5. The molecule has 1 fully saturated rings. The number of amides is 2. The lowest BCUT2D eigenvalue weighted by Crippen LogP contribution is -2.46. The Morgan fingerprint density at radius 3 is 2.64 bits per heavy atom. The average Bonchev–Trinajstić information content (AvgIpc) is 2.92. The number of hydrogen-bond acceptors (Lipinski definition) is 2. The van der Waals surface area contributed by atoms with E-state index in [4.69, 9.17) is 0 Å². The summed E-state index contributed by atoms with van der Waals surface area (Å²) in [6.45, 7) is 0.208. The summed E-state index contributed by atoms with van der Waals surface area (Å²) in [5, 5.41) is 2.90. The molecular formula is C15H16F3N3O. The number of nitrogens with one attached hydrogen (secondary N) is 1. The van der Waals surface area contributed by atoms with Crippen LogP contribution in [0.25, 0.3) is 0 Å². The largest absolute Gasteiger partial charge is 0.416 e. The SMILES string of the molecule is O=C(NC1CCC1)N1C=CN(c2cccc(C(F)(F)F)c2)C1. The number of halogens is 3. The summed E-state index contributed by atoms with van der Waals surface area (Å²) in [4.78, 5) is 15.1. The van der Waals surface area contributed by atoms with Gasteiger partial charge in [-0.1, -0.05) is 6.07 Å². The Labute approximate surface area is 126 Å². The zero-order valence-corrected chi connectivity index (χ0v) is 11.8. The number of carbonyl (C=O) groups excluding carboxylic acids is 1. The van der Waals surface area contributed by atoms with Gasteiger partial charge in [0.2, 0.25) is 0 Å². The molecule has 0 radical (unpaired) electrons. The second kappa shape index (κ2) is 5.55. The van der Waals surface area contributed by atoms with Crippen LogP contribution in [-0.2, 0) is 6.18 Å². The summed E-state index contributed by atoms with van der Waals surface area (Å²) in [6.07, 6.45) is 1.91. The standard InChI is InChI=1S/C15H16F3N3O/c16-15(17,18)11-3-1-6-13(9-11)20-7-8-21(10-20)14(22)19-12-4-2-5-12/h1,3,6-9,12H,2,4-5,10H2,(H,19,22). The molecule has 1 saturated carbocycles. The van der Waals surface area contributed by atoms with Gasteiger partial charge in [0.15, 0.2) is 0 Å². The van der Waals surface area contributed by atoms with Crippen LogP contribution in [0.5, 0.6) is 0 Å². The molecule has 0 bridgehead atoms. The van der Waals surface area contributed by atoms with Crippen LogP contribution < -0.4 is 10.2 Å². The van der Waals surface area contributed by atoms with E-state index in [-0.39, 0.29) is 18.7 Å². The van der Waals surface area contributed by atoms with Gasteiger partial charge in [0.25, 0.3) is 0 Å². The molecule has 1 heterocycles. The molecule has 0 unspecified atom stereocenters. The maximum atomic E-state index is 12.7. The molecule has 0 spiro atoms. The fourth-order valence-corrected chi connectivity index (χ4v) is 2.39. The molecule has 4 nitrogen and oxygen atoms in total. The molecule has 0 atom stereocenters. The number of rotatable bonds is 2. The molecule has 2 aliphatic rings. The molecule has 0 aromatic heterocycles. The topological polar surface area (TPSA) is 35.6 Å². The van der Waals surface area contributed by atoms with Crippen molar-refractivity contribution >= 4 is 11.7 Å². The fourth-order valence-electron chi connectivity index (χ4n) is 2.39. The molecule has 1 aromatic rings. The van der Waals surface area contributed by atoms with Crippen molar-refractivity contribution in [2.24, 2.45) is 0 Å². The summed E-state index contributed by atoms with van der Waals surface area (Å²) in [5.74, 6) is 0. The molecular weight excluding hydrogens is 295 g/mol. The predicted molar refractivity (Wildman–Crippen MR) is 75.9 cm³/mol. The van der Waals surface area contributed by atoms with E-state index in [1.165, 1.54) is 11.0 Å². The van der Waals surface area contributed by atoms with Crippen LogP contribution in [0.3, 0.4) is 0 Å². The van der Waals surface area contributed by atoms with Gasteiger partial charge in [-0.3, -0.25) is 4.90 Å². The molecule has 1 aliphatic heterocycles. The van der Waals surface area contributed by atoms with E-state index < -0.39 is 11.7 Å². The molecule has 7 heteroatoms. The second-order valence-electron chi connectivity index (χ2n) is 5.50. The molecule has 1 aromatic carbocycles. The molecule has 2 amide bonds. The van der Waals surface area contributed by atoms with Gasteiger partial charge < -0.3 is 10.2 Å². The van der Waals surface area contributed by atoms with Crippen molar-refractivity contribution in [3.8, 4) is 0 Å². The highest BCUT2D eigenvalue weighted by molar-refractivity contribution is 5.77. The second-order valence-corrected chi connectivity index (χ2v) is 5.50. The van der Waals surface area contributed by atoms with Gasteiger partial charge in [-0.25, -0.2) is 4.79 Å². The number of carbonyl (C=O) groups is 1. The van der Waals surface area contributed by atoms with Crippen LogP contribution in [-0.4, -0.2) is 23.6 Å². The lowest BCUT2D eigenvalue weighted by Gasteiger charge is -2.29. The number of alkyl halides is 3. The molecule has 118 valence electrons. The lowest BCUT2D eigenvalue weighted by atomic mass is 9.93. The summed E-state index contributed by atoms with van der Waals surface area (Å²) in [6, 6.07) is 5.08. The third-order valence-corrected chi connectivity index (χ3v) is 3.93. The first-order valence-corrected chi connectivity index (χ1v) is 7.13. The zero-order chi connectivity index (χ0) is 15.7. The van der Waals surface area contributed by atoms with Gasteiger partial charge in [-0.05, 0) is 37.5 Å². The molecule has 1 N–H and O–H groups in total. The number of hydrogen-bond donors (Lipinski definition) is 1. The van der Waals surface area contributed by atoms with Crippen LogP contribution in [0.2, 0.25) is 0 Å². The smallest absolute Gasteiger partial charge is 0.335 e. The Hall–Kier alpha value is -2.18. The monoisotopic (exact) mass is 311 g/mol. The molecule has 0 saturated heterocycles. The Morgan fingerprint density at radius 2 is 2.00 bits per heavy atom. The highest BCUT2D eigenvalue weighted by atomic mass is 19.4. The number of benzene rings is 1. The van der Waals surface area contributed by atoms with Gasteiger partial charge in [-0.2, -0.15) is 13.2 Å². The van der Waals surface area contributed by atoms with Crippen molar-refractivity contribution in [1.82, 2.24) is 10.2 Å². The van der Waals surface area contributed by atoms with E-state index in [0.717, 1.165) is 31.4 Å². The van der Waals surface area contributed by atoms with Crippen LogP contribution in [0.4, 0.5) is 23.7 Å². The molecule has 1 aliphatic carbocycles. The Balaban J connectivity index is 1.65. The maximum absolute atomic E-state index is 12.7. The quantitative estimate of drug-likeness (QED) is 0.907. The predicted octanol–water partition coefficient (Wildman–Crippen LogP) is 3.52. The Kier molecular flexibility index (Phi) is 3.72. The van der Waals surface area contributed by atoms with E-state index in [2.05, 4.69) is 5.32 Å². The first-order chi connectivity index (χ1) is 10.4. The number of anilines is 1. The number of nitrogens with zero attached hydrogens (tertiary/aromatic N) is 2.